The van der Waals surface area contributed by atoms with Crippen molar-refractivity contribution < 1.29 is 47.7 Å². The second kappa shape index (κ2) is 11.5. The molecule has 0 saturated heterocycles. The SMILES string of the molecule is CC(=O)OC[C@@H](OC(C)=O)[C@H](OC(C)=O)[C@H](OC(C)=O)[C@@H](C#N)OC(C)=O. The zero-order valence-corrected chi connectivity index (χ0v) is 15.5. The summed E-state index contributed by atoms with van der Waals surface area (Å²) in [6, 6.07) is 1.61. The molecule has 11 nitrogen and oxygen atoms in total. The maximum Gasteiger partial charge on any atom is 0.304 e. The van der Waals surface area contributed by atoms with Gasteiger partial charge < -0.3 is 23.7 Å². The van der Waals surface area contributed by atoms with Gasteiger partial charge in [0.1, 0.15) is 12.7 Å². The maximum absolute atomic E-state index is 11.5. The molecule has 0 fully saturated rings. The summed E-state index contributed by atoms with van der Waals surface area (Å²) in [6.45, 7) is 4.60. The highest BCUT2D eigenvalue weighted by atomic mass is 16.6. The van der Waals surface area contributed by atoms with Crippen LogP contribution in [0.4, 0.5) is 0 Å². The van der Waals surface area contributed by atoms with Crippen molar-refractivity contribution in [1.29, 1.82) is 5.26 Å². The minimum Gasteiger partial charge on any atom is -0.462 e. The molecule has 0 bridgehead atoms. The van der Waals surface area contributed by atoms with Gasteiger partial charge in [-0.05, 0) is 0 Å². The largest absolute Gasteiger partial charge is 0.462 e. The predicted molar refractivity (Wildman–Crippen MR) is 84.5 cm³/mol. The van der Waals surface area contributed by atoms with Gasteiger partial charge in [-0.15, -0.1) is 0 Å². The van der Waals surface area contributed by atoms with Gasteiger partial charge in [-0.2, -0.15) is 5.26 Å². The van der Waals surface area contributed by atoms with E-state index in [1.807, 2.05) is 0 Å². The van der Waals surface area contributed by atoms with Gasteiger partial charge in [0.05, 0.1) is 0 Å². The van der Waals surface area contributed by atoms with E-state index in [0.717, 1.165) is 34.6 Å². The van der Waals surface area contributed by atoms with Crippen molar-refractivity contribution in [2.45, 2.75) is 59.0 Å². The molecule has 0 N–H and O–H groups in total. The molecular weight excluding hydrogens is 366 g/mol. The Labute approximate surface area is 155 Å². The number of nitrogens with zero attached hydrogens (tertiary/aromatic N) is 1. The summed E-state index contributed by atoms with van der Waals surface area (Å²) in [5, 5.41) is 9.27. The molecule has 0 heterocycles. The van der Waals surface area contributed by atoms with E-state index in [9.17, 15) is 29.2 Å². The number of carbonyl (C=O) groups is 5. The van der Waals surface area contributed by atoms with E-state index < -0.39 is 60.9 Å². The van der Waals surface area contributed by atoms with Crippen molar-refractivity contribution in [3.8, 4) is 6.07 Å². The summed E-state index contributed by atoms with van der Waals surface area (Å²) in [5.41, 5.74) is 0. The van der Waals surface area contributed by atoms with Crippen LogP contribution in [0, 0.1) is 11.3 Å². The fourth-order valence-electron chi connectivity index (χ4n) is 1.99. The molecule has 0 spiro atoms. The highest BCUT2D eigenvalue weighted by Crippen LogP contribution is 2.19. The van der Waals surface area contributed by atoms with Gasteiger partial charge >= 0.3 is 29.8 Å². The van der Waals surface area contributed by atoms with E-state index in [1.165, 1.54) is 0 Å². The Kier molecular flexibility index (Phi) is 10.1. The van der Waals surface area contributed by atoms with Gasteiger partial charge in [-0.25, -0.2) is 0 Å². The first kappa shape index (κ1) is 23.8. The molecule has 0 aliphatic heterocycles. The van der Waals surface area contributed by atoms with Gasteiger partial charge in [0.25, 0.3) is 0 Å². The zero-order chi connectivity index (χ0) is 21.1. The van der Waals surface area contributed by atoms with E-state index in [2.05, 4.69) is 0 Å². The van der Waals surface area contributed by atoms with Crippen LogP contribution in [0.2, 0.25) is 0 Å². The molecule has 0 saturated carbocycles. The van der Waals surface area contributed by atoms with Gasteiger partial charge in [0.2, 0.25) is 6.10 Å². The zero-order valence-electron chi connectivity index (χ0n) is 15.5. The van der Waals surface area contributed by atoms with Crippen LogP contribution in [0.3, 0.4) is 0 Å². The Morgan fingerprint density at radius 2 is 1.15 bits per heavy atom. The maximum atomic E-state index is 11.5. The lowest BCUT2D eigenvalue weighted by atomic mass is 10.0. The molecule has 27 heavy (non-hydrogen) atoms. The molecule has 0 aromatic carbocycles. The van der Waals surface area contributed by atoms with Crippen molar-refractivity contribution in [1.82, 2.24) is 0 Å². The smallest absolute Gasteiger partial charge is 0.304 e. The second-order valence-electron chi connectivity index (χ2n) is 5.26. The molecule has 0 aliphatic carbocycles. The van der Waals surface area contributed by atoms with Gasteiger partial charge in [0, 0.05) is 34.6 Å². The molecular formula is C16H21NO10. The molecule has 150 valence electrons. The molecule has 0 aromatic heterocycles. The van der Waals surface area contributed by atoms with Crippen molar-refractivity contribution in [3.63, 3.8) is 0 Å². The third-order valence-corrected chi connectivity index (χ3v) is 2.78. The molecule has 0 amide bonds. The van der Waals surface area contributed by atoms with E-state index in [1.54, 1.807) is 6.07 Å². The van der Waals surface area contributed by atoms with Crippen molar-refractivity contribution in [2.75, 3.05) is 6.61 Å². The average Bonchev–Trinajstić information content (AvgIpc) is 2.51. The standard InChI is InChI=1S/C16H21NO10/c1-8(18)23-7-14(25-10(3)20)16(27-12(5)22)15(26-11(4)21)13(6-17)24-9(2)19/h13-16H,7H2,1-5H3/t13-,14-,15-,16+/m1/s1. The van der Waals surface area contributed by atoms with Crippen LogP contribution in [-0.2, 0) is 47.7 Å². The monoisotopic (exact) mass is 387 g/mol. The topological polar surface area (TPSA) is 155 Å². The highest BCUT2D eigenvalue weighted by molar-refractivity contribution is 5.69. The van der Waals surface area contributed by atoms with Crippen molar-refractivity contribution in [2.24, 2.45) is 0 Å². The molecule has 0 rings (SSSR count). The number of rotatable bonds is 9. The number of nitriles is 1. The first-order valence-electron chi connectivity index (χ1n) is 7.69. The van der Waals surface area contributed by atoms with Crippen LogP contribution < -0.4 is 0 Å². The first-order chi connectivity index (χ1) is 12.5. The Morgan fingerprint density at radius 1 is 0.704 bits per heavy atom. The van der Waals surface area contributed by atoms with Gasteiger partial charge in [0.15, 0.2) is 18.3 Å². The second-order valence-corrected chi connectivity index (χ2v) is 5.26. The number of carbonyl (C=O) groups excluding carboxylic acids is 5. The fourth-order valence-corrected chi connectivity index (χ4v) is 1.99. The fraction of sp³-hybridized carbons (Fsp3) is 0.625. The molecule has 0 aliphatic rings. The number of hydrogen-bond donors (Lipinski definition) is 0. The van der Waals surface area contributed by atoms with Crippen LogP contribution in [-0.4, -0.2) is 60.9 Å². The minimum absolute atomic E-state index is 0.567. The Balaban J connectivity index is 6.01. The van der Waals surface area contributed by atoms with E-state index in [4.69, 9.17) is 23.7 Å². The summed E-state index contributed by atoms with van der Waals surface area (Å²) in [6.07, 6.45) is -6.38. The Hall–Kier alpha value is -3.16. The van der Waals surface area contributed by atoms with Crippen LogP contribution in [0.25, 0.3) is 0 Å². The molecule has 0 radical (unpaired) electrons. The lowest BCUT2D eigenvalue weighted by Crippen LogP contribution is -2.52. The van der Waals surface area contributed by atoms with Crippen LogP contribution in [0.15, 0.2) is 0 Å². The van der Waals surface area contributed by atoms with E-state index >= 15 is 0 Å². The minimum atomic E-state index is -1.69. The summed E-state index contributed by atoms with van der Waals surface area (Å²) in [5.74, 6) is -4.19. The summed E-state index contributed by atoms with van der Waals surface area (Å²) in [7, 11) is 0. The number of hydrogen-bond acceptors (Lipinski definition) is 11. The lowest BCUT2D eigenvalue weighted by Gasteiger charge is -2.33. The van der Waals surface area contributed by atoms with Gasteiger partial charge in [-0.1, -0.05) is 0 Å². The van der Waals surface area contributed by atoms with E-state index in [-0.39, 0.29) is 0 Å². The van der Waals surface area contributed by atoms with Crippen LogP contribution in [0.1, 0.15) is 34.6 Å². The Bertz CT molecular complexity index is 623. The number of esters is 5. The van der Waals surface area contributed by atoms with Crippen molar-refractivity contribution in [3.05, 3.63) is 0 Å². The van der Waals surface area contributed by atoms with Crippen molar-refractivity contribution >= 4 is 29.8 Å². The molecule has 11 heteroatoms. The van der Waals surface area contributed by atoms with Gasteiger partial charge in [-0.3, -0.25) is 24.0 Å². The summed E-state index contributed by atoms with van der Waals surface area (Å²) >= 11 is 0. The van der Waals surface area contributed by atoms with E-state index in [0.29, 0.717) is 0 Å². The number of ether oxygens (including phenoxy) is 5. The molecule has 4 atom stereocenters. The third kappa shape index (κ3) is 9.78. The Morgan fingerprint density at radius 3 is 1.52 bits per heavy atom. The predicted octanol–water partition coefficient (Wildman–Crippen LogP) is -0.200. The van der Waals surface area contributed by atoms with Crippen LogP contribution in [0.5, 0.6) is 0 Å². The lowest BCUT2D eigenvalue weighted by molar-refractivity contribution is -0.198. The summed E-state index contributed by atoms with van der Waals surface area (Å²) < 4.78 is 24.6. The third-order valence-electron chi connectivity index (χ3n) is 2.78. The normalized spacial score (nSPS) is 14.4. The van der Waals surface area contributed by atoms with Crippen LogP contribution >= 0.6 is 0 Å². The average molecular weight is 387 g/mol. The highest BCUT2D eigenvalue weighted by Gasteiger charge is 2.44. The molecule has 0 aromatic rings. The first-order valence-corrected chi connectivity index (χ1v) is 7.69. The summed E-state index contributed by atoms with van der Waals surface area (Å²) in [4.78, 5) is 56.7. The quantitative estimate of drug-likeness (QED) is 0.381. The molecule has 0 unspecified atom stereocenters.